The Hall–Kier alpha value is -1.20. The molecule has 0 spiro atoms. The predicted octanol–water partition coefficient (Wildman–Crippen LogP) is 4.15. The number of benzene rings is 1. The highest BCUT2D eigenvalue weighted by Crippen LogP contribution is 2.34. The molecule has 2 aliphatic carbocycles. The smallest absolute Gasteiger partial charge is 0.319 e. The van der Waals surface area contributed by atoms with Gasteiger partial charge in [0.05, 0.1) is 6.10 Å². The molecule has 2 amide bonds. The summed E-state index contributed by atoms with van der Waals surface area (Å²) in [6.07, 6.45) is 8.42. The maximum atomic E-state index is 12.0. The normalized spacial score (nSPS) is 25.3. The number of carbonyl (C=O) groups excluding carboxylic acids is 1. The third kappa shape index (κ3) is 5.15. The molecule has 2 aliphatic rings. The zero-order chi connectivity index (χ0) is 16.1. The number of hydrogen-bond donors (Lipinski definition) is 3. The van der Waals surface area contributed by atoms with Crippen molar-refractivity contribution in [1.29, 1.82) is 0 Å². The molecule has 5 heteroatoms. The number of amides is 2. The van der Waals surface area contributed by atoms with Gasteiger partial charge in [-0.25, -0.2) is 4.79 Å². The molecule has 2 fully saturated rings. The molecule has 126 valence electrons. The first kappa shape index (κ1) is 16.7. The summed E-state index contributed by atoms with van der Waals surface area (Å²) in [5.41, 5.74) is 0.828. The summed E-state index contributed by atoms with van der Waals surface area (Å²) in [6.45, 7) is 0. The van der Waals surface area contributed by atoms with E-state index in [2.05, 4.69) is 22.8 Å². The van der Waals surface area contributed by atoms with Crippen LogP contribution in [0.2, 0.25) is 0 Å². The highest BCUT2D eigenvalue weighted by Gasteiger charge is 2.20. The zero-order valence-corrected chi connectivity index (χ0v) is 14.3. The number of hydrogen-bond acceptors (Lipinski definition) is 3. The molecule has 0 unspecified atom stereocenters. The molecule has 0 aromatic heterocycles. The Morgan fingerprint density at radius 2 is 1.65 bits per heavy atom. The maximum absolute atomic E-state index is 12.0. The summed E-state index contributed by atoms with van der Waals surface area (Å²) < 4.78 is 0. The highest BCUT2D eigenvalue weighted by atomic mass is 32.2. The van der Waals surface area contributed by atoms with E-state index < -0.39 is 0 Å². The van der Waals surface area contributed by atoms with Crippen molar-refractivity contribution in [2.75, 3.05) is 5.32 Å². The summed E-state index contributed by atoms with van der Waals surface area (Å²) in [7, 11) is 0. The lowest BCUT2D eigenvalue weighted by molar-refractivity contribution is 0.118. The van der Waals surface area contributed by atoms with Crippen LogP contribution in [-0.2, 0) is 0 Å². The Labute approximate surface area is 142 Å². The summed E-state index contributed by atoms with van der Waals surface area (Å²) >= 11 is 1.96. The molecule has 1 aromatic rings. The van der Waals surface area contributed by atoms with Crippen molar-refractivity contribution in [3.63, 3.8) is 0 Å². The van der Waals surface area contributed by atoms with Gasteiger partial charge in [-0.3, -0.25) is 0 Å². The van der Waals surface area contributed by atoms with Crippen molar-refractivity contribution in [1.82, 2.24) is 5.32 Å². The van der Waals surface area contributed by atoms with E-state index in [1.807, 2.05) is 23.9 Å². The molecule has 3 N–H and O–H groups in total. The molecule has 4 nitrogen and oxygen atoms in total. The van der Waals surface area contributed by atoms with E-state index in [9.17, 15) is 9.90 Å². The third-order valence-corrected chi connectivity index (χ3v) is 6.10. The average Bonchev–Trinajstić information content (AvgIpc) is 3.04. The second kappa shape index (κ2) is 8.06. The van der Waals surface area contributed by atoms with Crippen LogP contribution in [0.5, 0.6) is 0 Å². The Kier molecular flexibility index (Phi) is 5.84. The fraction of sp³-hybridized carbons (Fsp3) is 0.611. The van der Waals surface area contributed by atoms with E-state index in [0.29, 0.717) is 0 Å². The van der Waals surface area contributed by atoms with E-state index in [1.165, 1.54) is 30.6 Å². The topological polar surface area (TPSA) is 61.4 Å². The van der Waals surface area contributed by atoms with Crippen LogP contribution < -0.4 is 10.6 Å². The first-order chi connectivity index (χ1) is 11.2. The third-order valence-electron chi connectivity index (χ3n) is 4.75. The lowest BCUT2D eigenvalue weighted by Gasteiger charge is -2.26. The highest BCUT2D eigenvalue weighted by molar-refractivity contribution is 8.00. The second-order valence-corrected chi connectivity index (χ2v) is 8.03. The van der Waals surface area contributed by atoms with Crippen LogP contribution in [0.1, 0.15) is 51.4 Å². The second-order valence-electron chi connectivity index (χ2n) is 6.65. The van der Waals surface area contributed by atoms with Crippen LogP contribution in [-0.4, -0.2) is 28.5 Å². The molecule has 0 aliphatic heterocycles. The van der Waals surface area contributed by atoms with Crippen molar-refractivity contribution in [3.8, 4) is 0 Å². The van der Waals surface area contributed by atoms with Crippen molar-refractivity contribution in [2.24, 2.45) is 0 Å². The maximum Gasteiger partial charge on any atom is 0.319 e. The van der Waals surface area contributed by atoms with Gasteiger partial charge in [-0.1, -0.05) is 12.8 Å². The summed E-state index contributed by atoms with van der Waals surface area (Å²) in [4.78, 5) is 13.3. The van der Waals surface area contributed by atoms with Gasteiger partial charge in [-0.15, -0.1) is 11.8 Å². The van der Waals surface area contributed by atoms with Gasteiger partial charge in [0.1, 0.15) is 0 Å². The summed E-state index contributed by atoms with van der Waals surface area (Å²) in [5, 5.41) is 16.2. The summed E-state index contributed by atoms with van der Waals surface area (Å²) in [5.74, 6) is 0. The Balaban J connectivity index is 1.44. The molecular formula is C18H26N2O2S. The first-order valence-electron chi connectivity index (χ1n) is 8.71. The Morgan fingerprint density at radius 1 is 1.00 bits per heavy atom. The molecule has 2 saturated carbocycles. The van der Waals surface area contributed by atoms with Crippen molar-refractivity contribution in [3.05, 3.63) is 24.3 Å². The van der Waals surface area contributed by atoms with Crippen LogP contribution in [0.3, 0.4) is 0 Å². The van der Waals surface area contributed by atoms with Gasteiger partial charge < -0.3 is 15.7 Å². The largest absolute Gasteiger partial charge is 0.393 e. The fourth-order valence-electron chi connectivity index (χ4n) is 3.39. The zero-order valence-electron chi connectivity index (χ0n) is 13.5. The van der Waals surface area contributed by atoms with Gasteiger partial charge in [0.25, 0.3) is 0 Å². The molecule has 1 aromatic carbocycles. The molecule has 23 heavy (non-hydrogen) atoms. The number of nitrogens with one attached hydrogen (secondary N) is 2. The number of urea groups is 1. The van der Waals surface area contributed by atoms with Gasteiger partial charge >= 0.3 is 6.03 Å². The number of carbonyl (C=O) groups is 1. The molecule has 0 atom stereocenters. The van der Waals surface area contributed by atoms with Gasteiger partial charge in [-0.2, -0.15) is 0 Å². The average molecular weight is 334 g/mol. The van der Waals surface area contributed by atoms with Crippen LogP contribution in [0.25, 0.3) is 0 Å². The molecule has 0 bridgehead atoms. The lowest BCUT2D eigenvalue weighted by Crippen LogP contribution is -2.40. The van der Waals surface area contributed by atoms with Gasteiger partial charge in [-0.05, 0) is 62.8 Å². The van der Waals surface area contributed by atoms with Crippen molar-refractivity contribution >= 4 is 23.5 Å². The molecule has 3 rings (SSSR count). The van der Waals surface area contributed by atoms with Crippen LogP contribution >= 0.6 is 11.8 Å². The summed E-state index contributed by atoms with van der Waals surface area (Å²) in [6, 6.07) is 8.16. The van der Waals surface area contributed by atoms with Crippen LogP contribution in [0.4, 0.5) is 10.5 Å². The minimum absolute atomic E-state index is 0.150. The lowest BCUT2D eigenvalue weighted by atomic mass is 9.93. The SMILES string of the molecule is O=C(Nc1ccc(SC2CCCC2)cc1)NC1CCC(O)CC1. The number of aliphatic hydroxyl groups excluding tert-OH is 1. The Bertz CT molecular complexity index is 506. The van der Waals surface area contributed by atoms with E-state index in [4.69, 9.17) is 0 Å². The van der Waals surface area contributed by atoms with Crippen LogP contribution in [0.15, 0.2) is 29.2 Å². The van der Waals surface area contributed by atoms with E-state index in [1.54, 1.807) is 0 Å². The van der Waals surface area contributed by atoms with Gasteiger partial charge in [0.15, 0.2) is 0 Å². The van der Waals surface area contributed by atoms with E-state index in [-0.39, 0.29) is 18.2 Å². The van der Waals surface area contributed by atoms with Gasteiger partial charge in [0, 0.05) is 21.9 Å². The van der Waals surface area contributed by atoms with Crippen LogP contribution in [0, 0.1) is 0 Å². The quantitative estimate of drug-likeness (QED) is 0.775. The molecular weight excluding hydrogens is 308 g/mol. The minimum atomic E-state index is -0.193. The van der Waals surface area contributed by atoms with Gasteiger partial charge in [0.2, 0.25) is 0 Å². The number of rotatable bonds is 4. The van der Waals surface area contributed by atoms with Crippen molar-refractivity contribution < 1.29 is 9.90 Å². The number of thioether (sulfide) groups is 1. The Morgan fingerprint density at radius 3 is 2.30 bits per heavy atom. The number of anilines is 1. The first-order valence-corrected chi connectivity index (χ1v) is 9.59. The van der Waals surface area contributed by atoms with E-state index in [0.717, 1.165) is 36.6 Å². The monoisotopic (exact) mass is 334 g/mol. The molecule has 0 saturated heterocycles. The van der Waals surface area contributed by atoms with E-state index >= 15 is 0 Å². The minimum Gasteiger partial charge on any atom is -0.393 e. The molecule has 0 radical (unpaired) electrons. The van der Waals surface area contributed by atoms with Crippen molar-refractivity contribution in [2.45, 2.75) is 73.7 Å². The fourth-order valence-corrected chi connectivity index (χ4v) is 4.64. The predicted molar refractivity (Wildman–Crippen MR) is 95.0 cm³/mol. The number of aliphatic hydroxyl groups is 1. The standard InChI is InChI=1S/C18H26N2O2S/c21-15-9-5-13(6-10-15)19-18(22)20-14-7-11-17(12-8-14)23-16-3-1-2-4-16/h7-8,11-13,15-16,21H,1-6,9-10H2,(H2,19,20,22). The molecule has 0 heterocycles.